The summed E-state index contributed by atoms with van der Waals surface area (Å²) in [5.41, 5.74) is 3.87. The van der Waals surface area contributed by atoms with Gasteiger partial charge in [0.1, 0.15) is 10.9 Å². The lowest BCUT2D eigenvalue weighted by Crippen LogP contribution is -2.36. The smallest absolute Gasteiger partial charge is 0.305 e. The summed E-state index contributed by atoms with van der Waals surface area (Å²) in [5, 5.41) is 11.8. The van der Waals surface area contributed by atoms with Crippen LogP contribution in [-0.4, -0.2) is 51.1 Å². The van der Waals surface area contributed by atoms with Gasteiger partial charge in [0.2, 0.25) is 5.91 Å². The number of amides is 3. The van der Waals surface area contributed by atoms with Gasteiger partial charge in [-0.05, 0) is 31.5 Å². The molecule has 0 spiro atoms. The van der Waals surface area contributed by atoms with Gasteiger partial charge in [0.15, 0.2) is 0 Å². The number of aryl methyl sites for hydroxylation is 2. The van der Waals surface area contributed by atoms with Gasteiger partial charge in [-0.2, -0.15) is 0 Å². The van der Waals surface area contributed by atoms with Gasteiger partial charge in [-0.15, -0.1) is 0 Å². The molecule has 2 aromatic carbocycles. The molecule has 2 N–H and O–H groups in total. The number of benzene rings is 2. The van der Waals surface area contributed by atoms with Crippen molar-refractivity contribution in [1.82, 2.24) is 4.90 Å². The third-order valence-electron chi connectivity index (χ3n) is 5.51. The molecule has 0 bridgehead atoms. The van der Waals surface area contributed by atoms with Crippen LogP contribution < -0.4 is 10.2 Å². The molecule has 2 heterocycles. The number of rotatable bonds is 6. The van der Waals surface area contributed by atoms with Crippen LogP contribution in [0.3, 0.4) is 0 Å². The predicted molar refractivity (Wildman–Crippen MR) is 134 cm³/mol. The summed E-state index contributed by atoms with van der Waals surface area (Å²) >= 11 is 6.24. The molecule has 2 aliphatic heterocycles. The van der Waals surface area contributed by atoms with Crippen LogP contribution in [0.1, 0.15) is 23.1 Å². The van der Waals surface area contributed by atoms with Crippen molar-refractivity contribution in [2.24, 2.45) is 0 Å². The molecular weight excluding hydrogens is 474 g/mol. The number of hydrogen-bond donors (Lipinski definition) is 2. The fourth-order valence-corrected chi connectivity index (χ4v) is 5.27. The number of nitrogens with one attached hydrogen (secondary N) is 1. The second-order valence-corrected chi connectivity index (χ2v) is 9.59. The zero-order valence-electron chi connectivity index (χ0n) is 18.5. The van der Waals surface area contributed by atoms with Crippen LogP contribution in [0.4, 0.5) is 11.4 Å². The van der Waals surface area contributed by atoms with Gasteiger partial charge in [0, 0.05) is 17.8 Å². The van der Waals surface area contributed by atoms with Crippen molar-refractivity contribution < 1.29 is 24.3 Å². The van der Waals surface area contributed by atoms with E-state index in [0.29, 0.717) is 16.9 Å². The Balaban J connectivity index is 1.62. The van der Waals surface area contributed by atoms with Crippen LogP contribution in [0.2, 0.25) is 0 Å². The fourth-order valence-electron chi connectivity index (χ4n) is 3.89. The zero-order chi connectivity index (χ0) is 24.6. The van der Waals surface area contributed by atoms with Crippen molar-refractivity contribution in [2.45, 2.75) is 20.3 Å². The number of carboxylic acid groups (broad SMARTS) is 1. The number of carbonyl (C=O) groups excluding carboxylic acids is 3. The Bertz CT molecular complexity index is 1290. The SMILES string of the molecule is Cc1ccc(NC(=O)CN2C(=O)C(=C3SC(=S)N(CCC(=O)O)C3=O)c3ccccc32)c(C)c1. The number of para-hydroxylation sites is 1. The number of carbonyl (C=O) groups is 4. The molecule has 2 aliphatic rings. The second kappa shape index (κ2) is 9.40. The Labute approximate surface area is 205 Å². The summed E-state index contributed by atoms with van der Waals surface area (Å²) in [5.74, 6) is -2.40. The van der Waals surface area contributed by atoms with Crippen LogP contribution in [0.15, 0.2) is 47.4 Å². The zero-order valence-corrected chi connectivity index (χ0v) is 20.1. The van der Waals surface area contributed by atoms with Crippen molar-refractivity contribution in [1.29, 1.82) is 0 Å². The van der Waals surface area contributed by atoms with Crippen molar-refractivity contribution in [3.8, 4) is 0 Å². The molecule has 34 heavy (non-hydrogen) atoms. The van der Waals surface area contributed by atoms with Gasteiger partial charge in [0.25, 0.3) is 11.8 Å². The maximum Gasteiger partial charge on any atom is 0.305 e. The molecule has 0 saturated carbocycles. The van der Waals surface area contributed by atoms with Crippen LogP contribution in [-0.2, 0) is 19.2 Å². The Morgan fingerprint density at radius 2 is 1.79 bits per heavy atom. The standard InChI is InChI=1S/C24H21N3O5S2/c1-13-7-8-16(14(2)11-13)25-18(28)12-27-17-6-4-3-5-15(17)20(22(27)31)21-23(32)26(24(33)34-21)10-9-19(29)30/h3-8,11H,9-10,12H2,1-2H3,(H,25,28)(H,29,30). The molecule has 3 amide bonds. The van der Waals surface area contributed by atoms with E-state index in [-0.39, 0.29) is 40.2 Å². The second-order valence-electron chi connectivity index (χ2n) is 7.95. The van der Waals surface area contributed by atoms with Crippen molar-refractivity contribution >= 4 is 68.9 Å². The van der Waals surface area contributed by atoms with Gasteiger partial charge in [-0.3, -0.25) is 29.0 Å². The molecular formula is C24H21N3O5S2. The number of anilines is 2. The van der Waals surface area contributed by atoms with E-state index < -0.39 is 17.8 Å². The third kappa shape index (κ3) is 4.46. The average Bonchev–Trinajstić information content (AvgIpc) is 3.21. The highest BCUT2D eigenvalue weighted by Crippen LogP contribution is 2.44. The Kier molecular flexibility index (Phi) is 6.54. The maximum atomic E-state index is 13.4. The summed E-state index contributed by atoms with van der Waals surface area (Å²) in [6.07, 6.45) is -0.260. The van der Waals surface area contributed by atoms with E-state index in [2.05, 4.69) is 5.32 Å². The van der Waals surface area contributed by atoms with Crippen LogP contribution in [0.5, 0.6) is 0 Å². The summed E-state index contributed by atoms with van der Waals surface area (Å²) in [6, 6.07) is 12.6. The van der Waals surface area contributed by atoms with E-state index >= 15 is 0 Å². The molecule has 4 rings (SSSR count). The molecule has 1 fully saturated rings. The Morgan fingerprint density at radius 3 is 2.50 bits per heavy atom. The monoisotopic (exact) mass is 495 g/mol. The molecule has 2 aromatic rings. The number of fused-ring (bicyclic) bond motifs is 1. The lowest BCUT2D eigenvalue weighted by molar-refractivity contribution is -0.137. The van der Waals surface area contributed by atoms with Crippen LogP contribution in [0, 0.1) is 13.8 Å². The first kappa shape index (κ1) is 23.7. The highest BCUT2D eigenvalue weighted by atomic mass is 32.2. The number of nitrogens with zero attached hydrogens (tertiary/aromatic N) is 2. The normalized spacial score (nSPS) is 17.4. The van der Waals surface area contributed by atoms with Crippen molar-refractivity contribution in [3.63, 3.8) is 0 Å². The molecule has 0 atom stereocenters. The predicted octanol–water partition coefficient (Wildman–Crippen LogP) is 3.33. The fraction of sp³-hybridized carbons (Fsp3) is 0.208. The lowest BCUT2D eigenvalue weighted by Gasteiger charge is -2.17. The maximum absolute atomic E-state index is 13.4. The molecule has 0 aliphatic carbocycles. The quantitative estimate of drug-likeness (QED) is 0.468. The first-order valence-corrected chi connectivity index (χ1v) is 11.7. The largest absolute Gasteiger partial charge is 0.481 e. The number of carboxylic acids is 1. The number of thiocarbonyl (C=S) groups is 1. The average molecular weight is 496 g/mol. The summed E-state index contributed by atoms with van der Waals surface area (Å²) in [7, 11) is 0. The topological polar surface area (TPSA) is 107 Å². The van der Waals surface area contributed by atoms with E-state index in [9.17, 15) is 19.2 Å². The number of aliphatic carboxylic acids is 1. The van der Waals surface area contributed by atoms with Gasteiger partial charge >= 0.3 is 5.97 Å². The summed E-state index contributed by atoms with van der Waals surface area (Å²) < 4.78 is 0.199. The van der Waals surface area contributed by atoms with E-state index in [0.717, 1.165) is 22.9 Å². The molecule has 174 valence electrons. The molecule has 1 saturated heterocycles. The van der Waals surface area contributed by atoms with Crippen LogP contribution >= 0.6 is 24.0 Å². The van der Waals surface area contributed by atoms with Gasteiger partial charge in [-0.1, -0.05) is 59.9 Å². The van der Waals surface area contributed by atoms with E-state index in [4.69, 9.17) is 17.3 Å². The summed E-state index contributed by atoms with van der Waals surface area (Å²) in [6.45, 7) is 3.55. The highest BCUT2D eigenvalue weighted by molar-refractivity contribution is 8.26. The minimum absolute atomic E-state index is 0.0748. The van der Waals surface area contributed by atoms with Gasteiger partial charge in [0.05, 0.1) is 22.6 Å². The lowest BCUT2D eigenvalue weighted by atomic mass is 10.1. The van der Waals surface area contributed by atoms with Crippen molar-refractivity contribution in [2.75, 3.05) is 23.3 Å². The van der Waals surface area contributed by atoms with Crippen LogP contribution in [0.25, 0.3) is 5.57 Å². The first-order chi connectivity index (χ1) is 16.2. The van der Waals surface area contributed by atoms with Gasteiger partial charge in [-0.25, -0.2) is 0 Å². The third-order valence-corrected chi connectivity index (χ3v) is 6.95. The van der Waals surface area contributed by atoms with E-state index in [1.54, 1.807) is 24.3 Å². The number of hydrogen-bond acceptors (Lipinski definition) is 6. The Hall–Kier alpha value is -3.50. The van der Waals surface area contributed by atoms with E-state index in [1.807, 2.05) is 32.0 Å². The Morgan fingerprint density at radius 1 is 1.06 bits per heavy atom. The molecule has 10 heteroatoms. The molecule has 8 nitrogen and oxygen atoms in total. The minimum Gasteiger partial charge on any atom is -0.481 e. The molecule has 0 radical (unpaired) electrons. The first-order valence-electron chi connectivity index (χ1n) is 10.5. The van der Waals surface area contributed by atoms with Crippen molar-refractivity contribution in [3.05, 3.63) is 64.1 Å². The minimum atomic E-state index is -1.05. The van der Waals surface area contributed by atoms with Gasteiger partial charge < -0.3 is 10.4 Å². The number of thioether (sulfide) groups is 1. The molecule has 0 unspecified atom stereocenters. The highest BCUT2D eigenvalue weighted by Gasteiger charge is 2.42. The van der Waals surface area contributed by atoms with E-state index in [1.165, 1.54) is 9.80 Å². The summed E-state index contributed by atoms with van der Waals surface area (Å²) in [4.78, 5) is 52.9. The molecule has 0 aromatic heterocycles.